The van der Waals surface area contributed by atoms with Crippen LogP contribution in [0.5, 0.6) is 0 Å². The van der Waals surface area contributed by atoms with Crippen molar-refractivity contribution in [1.29, 1.82) is 0 Å². The van der Waals surface area contributed by atoms with E-state index in [4.69, 9.17) is 5.73 Å². The molecule has 0 aliphatic carbocycles. The Morgan fingerprint density at radius 1 is 1.83 bits per heavy atom. The van der Waals surface area contributed by atoms with E-state index in [0.29, 0.717) is 5.00 Å². The van der Waals surface area contributed by atoms with Gasteiger partial charge in [0.1, 0.15) is 5.00 Å². The molecule has 0 atom stereocenters. The lowest BCUT2D eigenvalue weighted by molar-refractivity contribution is 1.15. The summed E-state index contributed by atoms with van der Waals surface area (Å²) in [5.41, 5.74) is 5.12. The Bertz CT molecular complexity index is 112. The lowest BCUT2D eigenvalue weighted by Gasteiger charge is -1.62. The van der Waals surface area contributed by atoms with Gasteiger partial charge in [-0.15, -0.1) is 5.10 Å². The maximum Gasteiger partial charge on any atom is 0.152 e. The first-order valence-corrected chi connectivity index (χ1v) is 2.12. The zero-order valence-corrected chi connectivity index (χ0v) is 3.70. The third-order valence-corrected chi connectivity index (χ3v) is 0.791. The Morgan fingerprint density at radius 2 is 2.67 bits per heavy atom. The molecule has 2 N–H and O–H groups in total. The molecule has 0 saturated heterocycles. The molecule has 1 aromatic heterocycles. The monoisotopic (exact) mass is 100.0 g/mol. The lowest BCUT2D eigenvalue weighted by atomic mass is 10.9. The van der Waals surface area contributed by atoms with Crippen LogP contribution in [0, 0.1) is 6.20 Å². The first-order chi connectivity index (χ1) is 2.89. The SMILES string of the molecule is Nc1[c]nns1. The zero-order chi connectivity index (χ0) is 4.41. The number of nitrogens with two attached hydrogens (primary N) is 1. The molecule has 0 aliphatic heterocycles. The van der Waals surface area contributed by atoms with E-state index in [9.17, 15) is 0 Å². The van der Waals surface area contributed by atoms with Crippen LogP contribution in [-0.4, -0.2) is 9.59 Å². The molecule has 0 saturated carbocycles. The van der Waals surface area contributed by atoms with Crippen molar-refractivity contribution in [2.24, 2.45) is 0 Å². The normalized spacial score (nSPS) is 8.67. The average Bonchev–Trinajstić information content (AvgIpc) is 1.86. The van der Waals surface area contributed by atoms with Crippen LogP contribution in [0.15, 0.2) is 0 Å². The summed E-state index contributed by atoms with van der Waals surface area (Å²) in [6.07, 6.45) is 2.44. The van der Waals surface area contributed by atoms with Crippen LogP contribution in [0.25, 0.3) is 0 Å². The molecule has 0 aliphatic rings. The minimum atomic E-state index is 0.537. The third-order valence-electron chi connectivity index (χ3n) is 0.340. The second-order valence-corrected chi connectivity index (χ2v) is 1.53. The highest BCUT2D eigenvalue weighted by molar-refractivity contribution is 7.09. The standard InChI is InChI=1S/C2H2N3S/c3-2-1-4-5-6-2/h3H2. The summed E-state index contributed by atoms with van der Waals surface area (Å²) in [6.45, 7) is 0. The van der Waals surface area contributed by atoms with E-state index >= 15 is 0 Å². The minimum absolute atomic E-state index is 0.537. The molecule has 1 rings (SSSR count). The van der Waals surface area contributed by atoms with E-state index in [2.05, 4.69) is 15.8 Å². The summed E-state index contributed by atoms with van der Waals surface area (Å²) in [5.74, 6) is 0. The summed E-state index contributed by atoms with van der Waals surface area (Å²) in [4.78, 5) is 0. The van der Waals surface area contributed by atoms with E-state index in [1.54, 1.807) is 0 Å². The van der Waals surface area contributed by atoms with Gasteiger partial charge in [-0.1, -0.05) is 4.49 Å². The van der Waals surface area contributed by atoms with Gasteiger partial charge in [-0.25, -0.2) is 0 Å². The molecular weight excluding hydrogens is 98.1 g/mol. The number of anilines is 1. The van der Waals surface area contributed by atoms with Gasteiger partial charge in [0.25, 0.3) is 0 Å². The second-order valence-electron chi connectivity index (χ2n) is 0.749. The quantitative estimate of drug-likeness (QED) is 0.496. The Labute approximate surface area is 39.0 Å². The Balaban J connectivity index is 3.05. The number of aromatic nitrogens is 2. The summed E-state index contributed by atoms with van der Waals surface area (Å²) >= 11 is 1.14. The molecular formula is C2H2N3S. The highest BCUT2D eigenvalue weighted by Crippen LogP contribution is 1.98. The highest BCUT2D eigenvalue weighted by atomic mass is 32.1. The van der Waals surface area contributed by atoms with Crippen molar-refractivity contribution in [2.75, 3.05) is 5.73 Å². The van der Waals surface area contributed by atoms with Gasteiger partial charge >= 0.3 is 0 Å². The smallest absolute Gasteiger partial charge is 0.152 e. The summed E-state index contributed by atoms with van der Waals surface area (Å²) in [5, 5.41) is 3.88. The van der Waals surface area contributed by atoms with E-state index in [1.165, 1.54) is 0 Å². The van der Waals surface area contributed by atoms with Gasteiger partial charge in [0.05, 0.1) is 0 Å². The first kappa shape index (κ1) is 3.55. The summed E-state index contributed by atoms with van der Waals surface area (Å²) < 4.78 is 3.43. The van der Waals surface area contributed by atoms with Crippen LogP contribution in [0.2, 0.25) is 0 Å². The van der Waals surface area contributed by atoms with Gasteiger partial charge in [-0.05, 0) is 0 Å². The summed E-state index contributed by atoms with van der Waals surface area (Å²) in [7, 11) is 0. The van der Waals surface area contributed by atoms with Crippen LogP contribution in [-0.2, 0) is 0 Å². The number of nitrogen functional groups attached to an aromatic ring is 1. The topological polar surface area (TPSA) is 51.8 Å². The number of hydrogen-bond donors (Lipinski definition) is 1. The molecule has 0 aromatic carbocycles. The molecule has 0 fully saturated rings. The molecule has 0 amide bonds. The molecule has 0 spiro atoms. The van der Waals surface area contributed by atoms with Crippen LogP contribution < -0.4 is 5.73 Å². The van der Waals surface area contributed by atoms with Crippen molar-refractivity contribution in [1.82, 2.24) is 9.59 Å². The Kier molecular flexibility index (Phi) is 0.719. The van der Waals surface area contributed by atoms with Crippen molar-refractivity contribution in [2.45, 2.75) is 0 Å². The van der Waals surface area contributed by atoms with Gasteiger partial charge in [0.2, 0.25) is 0 Å². The van der Waals surface area contributed by atoms with E-state index in [-0.39, 0.29) is 0 Å². The zero-order valence-electron chi connectivity index (χ0n) is 2.88. The van der Waals surface area contributed by atoms with Crippen LogP contribution >= 0.6 is 11.5 Å². The lowest BCUT2D eigenvalue weighted by Crippen LogP contribution is -1.73. The van der Waals surface area contributed by atoms with Gasteiger partial charge in [-0.3, -0.25) is 0 Å². The van der Waals surface area contributed by atoms with Crippen LogP contribution in [0.1, 0.15) is 0 Å². The Hall–Kier alpha value is -0.640. The van der Waals surface area contributed by atoms with Gasteiger partial charge in [0.15, 0.2) is 6.20 Å². The fraction of sp³-hybridized carbons (Fsp3) is 0. The fourth-order valence-corrected chi connectivity index (χ4v) is 0.406. The highest BCUT2D eigenvalue weighted by Gasteiger charge is 1.80. The van der Waals surface area contributed by atoms with Gasteiger partial charge in [0, 0.05) is 11.5 Å². The molecule has 31 valence electrons. The largest absolute Gasteiger partial charge is 0.387 e. The van der Waals surface area contributed by atoms with E-state index < -0.39 is 0 Å². The van der Waals surface area contributed by atoms with Gasteiger partial charge in [-0.2, -0.15) is 0 Å². The average molecular weight is 100 g/mol. The van der Waals surface area contributed by atoms with Crippen molar-refractivity contribution < 1.29 is 0 Å². The van der Waals surface area contributed by atoms with Crippen molar-refractivity contribution >= 4 is 16.5 Å². The molecule has 6 heavy (non-hydrogen) atoms. The predicted molar refractivity (Wildman–Crippen MR) is 23.2 cm³/mol. The molecule has 0 unspecified atom stereocenters. The fourth-order valence-electron chi connectivity index (χ4n) is 0.154. The molecule has 0 bridgehead atoms. The molecule has 3 nitrogen and oxygen atoms in total. The molecule has 1 aromatic rings. The minimum Gasteiger partial charge on any atom is -0.387 e. The maximum atomic E-state index is 5.12. The van der Waals surface area contributed by atoms with Crippen LogP contribution in [0.4, 0.5) is 5.00 Å². The van der Waals surface area contributed by atoms with E-state index in [1.807, 2.05) is 0 Å². The molecule has 1 radical (unpaired) electrons. The molecule has 4 heteroatoms. The predicted octanol–water partition coefficient (Wildman–Crippen LogP) is -0.0795. The van der Waals surface area contributed by atoms with Crippen molar-refractivity contribution in [3.05, 3.63) is 6.20 Å². The number of nitrogens with zero attached hydrogens (tertiary/aromatic N) is 2. The molecule has 1 heterocycles. The summed E-state index contributed by atoms with van der Waals surface area (Å²) in [6, 6.07) is 0. The van der Waals surface area contributed by atoms with Crippen LogP contribution in [0.3, 0.4) is 0 Å². The van der Waals surface area contributed by atoms with E-state index in [0.717, 1.165) is 11.5 Å². The number of rotatable bonds is 0. The van der Waals surface area contributed by atoms with Crippen molar-refractivity contribution in [3.63, 3.8) is 0 Å². The number of hydrogen-bond acceptors (Lipinski definition) is 4. The first-order valence-electron chi connectivity index (χ1n) is 1.35. The third kappa shape index (κ3) is 0.463. The van der Waals surface area contributed by atoms with Gasteiger partial charge < -0.3 is 5.73 Å². The Morgan fingerprint density at radius 3 is 2.83 bits per heavy atom. The second kappa shape index (κ2) is 1.22. The van der Waals surface area contributed by atoms with Crippen molar-refractivity contribution in [3.8, 4) is 0 Å². The maximum absolute atomic E-state index is 5.12.